The number of nitriles is 1. The van der Waals surface area contributed by atoms with Gasteiger partial charge in [0, 0.05) is 23.6 Å². The minimum Gasteiger partial charge on any atom is -0.439 e. The lowest BCUT2D eigenvalue weighted by Gasteiger charge is -2.22. The van der Waals surface area contributed by atoms with E-state index >= 15 is 0 Å². The molecule has 4 rings (SSSR count). The summed E-state index contributed by atoms with van der Waals surface area (Å²) in [6.45, 7) is 4.79. The largest absolute Gasteiger partial charge is 0.439 e. The van der Waals surface area contributed by atoms with E-state index in [0.717, 1.165) is 0 Å². The van der Waals surface area contributed by atoms with E-state index in [4.69, 9.17) is 16.3 Å². The summed E-state index contributed by atoms with van der Waals surface area (Å²) in [5.74, 6) is -0.203. The number of amides is 2. The molecule has 1 aromatic carbocycles. The Labute approximate surface area is 215 Å². The molecule has 0 saturated heterocycles. The number of carbonyl (C=O) groups is 2. The number of nitrogens with one attached hydrogen (secondary N) is 2. The Morgan fingerprint density at radius 2 is 2.03 bits per heavy atom. The fourth-order valence-corrected chi connectivity index (χ4v) is 4.67. The van der Waals surface area contributed by atoms with E-state index in [1.54, 1.807) is 32.0 Å². The molecule has 36 heavy (non-hydrogen) atoms. The fourth-order valence-electron chi connectivity index (χ4n) is 3.44. The molecule has 0 fully saturated rings. The summed E-state index contributed by atoms with van der Waals surface area (Å²) < 4.78 is 20.4. The molecular formula is C25H21ClFN5O3S. The number of allylic oxidation sites excluding steroid dienone is 1. The van der Waals surface area contributed by atoms with Crippen molar-refractivity contribution in [3.63, 3.8) is 0 Å². The molecule has 2 heterocycles. The SMILES string of the molecule is CC(=O)Nc1nc2ccc(OC3=CC(NC(=O)c4ccc(Cl)c(C(C)(C)C#N)c4)C(F)C=C3)nc2s1. The van der Waals surface area contributed by atoms with Gasteiger partial charge in [-0.25, -0.2) is 14.4 Å². The zero-order valence-corrected chi connectivity index (χ0v) is 21.1. The number of fused-ring (bicyclic) bond motifs is 1. The first kappa shape index (κ1) is 25.3. The topological polar surface area (TPSA) is 117 Å². The van der Waals surface area contributed by atoms with E-state index in [-0.39, 0.29) is 17.4 Å². The van der Waals surface area contributed by atoms with Gasteiger partial charge in [0.15, 0.2) is 5.13 Å². The second-order valence-corrected chi connectivity index (χ2v) is 9.96. The molecule has 0 aliphatic heterocycles. The second-order valence-electron chi connectivity index (χ2n) is 8.58. The van der Waals surface area contributed by atoms with E-state index in [0.29, 0.717) is 31.8 Å². The predicted octanol–water partition coefficient (Wildman–Crippen LogP) is 5.07. The van der Waals surface area contributed by atoms with Gasteiger partial charge in [0.1, 0.15) is 22.3 Å². The maximum Gasteiger partial charge on any atom is 0.251 e. The van der Waals surface area contributed by atoms with Gasteiger partial charge >= 0.3 is 0 Å². The summed E-state index contributed by atoms with van der Waals surface area (Å²) in [4.78, 5) is 33.3. The summed E-state index contributed by atoms with van der Waals surface area (Å²) in [6.07, 6.45) is 2.73. The Bertz CT molecular complexity index is 1460. The van der Waals surface area contributed by atoms with Crippen LogP contribution in [0.15, 0.2) is 54.3 Å². The van der Waals surface area contributed by atoms with Crippen LogP contribution in [0, 0.1) is 11.3 Å². The van der Waals surface area contributed by atoms with Crippen LogP contribution in [0.4, 0.5) is 9.52 Å². The Kier molecular flexibility index (Phi) is 7.06. The smallest absolute Gasteiger partial charge is 0.251 e. The number of carbonyl (C=O) groups excluding carboxylic acids is 2. The van der Waals surface area contributed by atoms with Gasteiger partial charge < -0.3 is 15.4 Å². The molecule has 2 amide bonds. The van der Waals surface area contributed by atoms with E-state index in [1.807, 2.05) is 0 Å². The molecule has 1 aliphatic rings. The Hall–Kier alpha value is -3.81. The van der Waals surface area contributed by atoms with E-state index in [9.17, 15) is 19.2 Å². The molecule has 2 aromatic heterocycles. The summed E-state index contributed by atoms with van der Waals surface area (Å²) in [5.41, 5.74) is 0.452. The average molecular weight is 526 g/mol. The van der Waals surface area contributed by atoms with Gasteiger partial charge in [0.2, 0.25) is 11.8 Å². The Morgan fingerprint density at radius 1 is 1.25 bits per heavy atom. The molecule has 11 heteroatoms. The summed E-state index contributed by atoms with van der Waals surface area (Å²) in [5, 5.41) is 15.5. The first-order valence-electron chi connectivity index (χ1n) is 10.8. The number of thiazole rings is 1. The van der Waals surface area contributed by atoms with Gasteiger partial charge in [-0.2, -0.15) is 5.26 Å². The van der Waals surface area contributed by atoms with E-state index in [1.165, 1.54) is 48.6 Å². The standard InChI is InChI=1S/C25H21ClFN5O3S/c1-13(33)29-24-31-19-8-9-21(32-23(19)36-24)35-15-5-7-18(27)20(11-15)30-22(34)14-4-6-17(26)16(10-14)25(2,3)12-28/h4-11,18,20H,1-3H3,(H,30,34)(H,29,31,33). The van der Waals surface area contributed by atoms with Crippen molar-refractivity contribution in [1.82, 2.24) is 15.3 Å². The quantitative estimate of drug-likeness (QED) is 0.464. The molecule has 184 valence electrons. The summed E-state index contributed by atoms with van der Waals surface area (Å²) in [7, 11) is 0. The number of nitrogens with zero attached hydrogens (tertiary/aromatic N) is 3. The van der Waals surface area contributed by atoms with Gasteiger partial charge in [-0.05, 0) is 61.9 Å². The molecular weight excluding hydrogens is 505 g/mol. The molecule has 0 radical (unpaired) electrons. The fraction of sp³-hybridized carbons (Fsp3) is 0.240. The Morgan fingerprint density at radius 3 is 2.75 bits per heavy atom. The van der Waals surface area contributed by atoms with E-state index < -0.39 is 23.5 Å². The highest BCUT2D eigenvalue weighted by Crippen LogP contribution is 2.31. The van der Waals surface area contributed by atoms with Gasteiger partial charge in [-0.15, -0.1) is 0 Å². The van der Waals surface area contributed by atoms with Crippen molar-refractivity contribution in [2.45, 2.75) is 38.4 Å². The van der Waals surface area contributed by atoms with Crippen LogP contribution in [0.1, 0.15) is 36.7 Å². The first-order chi connectivity index (χ1) is 17.1. The highest BCUT2D eigenvalue weighted by molar-refractivity contribution is 7.21. The molecule has 1 aliphatic carbocycles. The van der Waals surface area contributed by atoms with Crippen molar-refractivity contribution in [2.24, 2.45) is 0 Å². The maximum atomic E-state index is 14.6. The molecule has 0 bridgehead atoms. The van der Waals surface area contributed by atoms with Crippen LogP contribution in [0.5, 0.6) is 5.88 Å². The van der Waals surface area contributed by atoms with Crippen LogP contribution in [-0.2, 0) is 10.2 Å². The molecule has 3 aromatic rings. The molecule has 2 N–H and O–H groups in total. The lowest BCUT2D eigenvalue weighted by atomic mass is 9.85. The van der Waals surface area contributed by atoms with Crippen LogP contribution >= 0.6 is 22.9 Å². The third kappa shape index (κ3) is 5.53. The van der Waals surface area contributed by atoms with Crippen LogP contribution in [0.2, 0.25) is 5.02 Å². The van der Waals surface area contributed by atoms with Crippen LogP contribution in [0.25, 0.3) is 10.3 Å². The molecule has 0 spiro atoms. The van der Waals surface area contributed by atoms with Crippen LogP contribution in [-0.4, -0.2) is 34.0 Å². The Balaban J connectivity index is 1.51. The molecule has 2 atom stereocenters. The number of alkyl halides is 1. The van der Waals surface area contributed by atoms with Crippen molar-refractivity contribution in [3.8, 4) is 11.9 Å². The summed E-state index contributed by atoms with van der Waals surface area (Å²) >= 11 is 7.43. The molecule has 2 unspecified atom stereocenters. The van der Waals surface area contributed by atoms with Gasteiger partial charge in [-0.1, -0.05) is 22.9 Å². The third-order valence-corrected chi connectivity index (χ3v) is 6.56. The number of pyridine rings is 1. The molecule has 0 saturated carbocycles. The zero-order valence-electron chi connectivity index (χ0n) is 19.5. The number of halogens is 2. The zero-order chi connectivity index (χ0) is 26.0. The van der Waals surface area contributed by atoms with Crippen molar-refractivity contribution in [3.05, 3.63) is 70.5 Å². The van der Waals surface area contributed by atoms with Crippen molar-refractivity contribution in [1.29, 1.82) is 5.26 Å². The predicted molar refractivity (Wildman–Crippen MR) is 136 cm³/mol. The third-order valence-electron chi connectivity index (χ3n) is 5.35. The number of hydrogen-bond acceptors (Lipinski definition) is 7. The second kappa shape index (κ2) is 10.0. The average Bonchev–Trinajstić information content (AvgIpc) is 3.22. The van der Waals surface area contributed by atoms with Crippen LogP contribution < -0.4 is 15.4 Å². The number of rotatable bonds is 6. The number of ether oxygens (including phenoxy) is 1. The number of hydrogen-bond donors (Lipinski definition) is 2. The monoisotopic (exact) mass is 525 g/mol. The van der Waals surface area contributed by atoms with Gasteiger partial charge in [0.05, 0.1) is 17.5 Å². The molecule has 8 nitrogen and oxygen atoms in total. The van der Waals surface area contributed by atoms with Crippen molar-refractivity contribution in [2.75, 3.05) is 5.32 Å². The normalized spacial score (nSPS) is 17.3. The van der Waals surface area contributed by atoms with Crippen molar-refractivity contribution < 1.29 is 18.7 Å². The van der Waals surface area contributed by atoms with E-state index in [2.05, 4.69) is 26.7 Å². The number of anilines is 1. The highest BCUT2D eigenvalue weighted by Gasteiger charge is 2.27. The van der Waals surface area contributed by atoms with Crippen LogP contribution in [0.3, 0.4) is 0 Å². The minimum absolute atomic E-state index is 0.236. The summed E-state index contributed by atoms with van der Waals surface area (Å²) in [6, 6.07) is 9.08. The number of benzene rings is 1. The lowest BCUT2D eigenvalue weighted by Crippen LogP contribution is -2.41. The minimum atomic E-state index is -1.47. The van der Waals surface area contributed by atoms with Gasteiger partial charge in [0.25, 0.3) is 5.91 Å². The number of aromatic nitrogens is 2. The maximum absolute atomic E-state index is 14.6. The lowest BCUT2D eigenvalue weighted by molar-refractivity contribution is -0.114. The highest BCUT2D eigenvalue weighted by atomic mass is 35.5. The first-order valence-corrected chi connectivity index (χ1v) is 12.0. The van der Waals surface area contributed by atoms with Crippen molar-refractivity contribution >= 4 is 50.2 Å². The van der Waals surface area contributed by atoms with Gasteiger partial charge in [-0.3, -0.25) is 9.59 Å².